The van der Waals surface area contributed by atoms with Crippen LogP contribution in [-0.4, -0.2) is 135 Å². The normalized spacial score (nSPS) is 27.3. The smallest absolute Gasteiger partial charge is 0.317 e. The molecule has 2 saturated heterocycles. The molecule has 2 aliphatic heterocycles. The molecule has 0 aliphatic carbocycles. The summed E-state index contributed by atoms with van der Waals surface area (Å²) in [5, 5.41) is 80.0. The average molecular weight is 695 g/mol. The van der Waals surface area contributed by atoms with Crippen molar-refractivity contribution in [3.05, 3.63) is 53.8 Å². The van der Waals surface area contributed by atoms with Crippen LogP contribution in [0.1, 0.15) is 23.6 Å². The number of hydrogen-bond acceptors (Lipinski definition) is 16. The van der Waals surface area contributed by atoms with Crippen molar-refractivity contribution < 1.29 is 59.9 Å². The summed E-state index contributed by atoms with van der Waals surface area (Å²) < 4.78 is 13.1. The molecule has 0 radical (unpaired) electrons. The number of H-pyrrole nitrogens is 2. The number of carboxylic acids is 2. The van der Waals surface area contributed by atoms with Gasteiger partial charge in [-0.3, -0.25) is 38.3 Å². The van der Waals surface area contributed by atoms with Crippen LogP contribution in [0.4, 0.5) is 0 Å². The molecule has 0 bridgehead atoms. The lowest BCUT2D eigenvalue weighted by molar-refractivity contribution is -0.137. The summed E-state index contributed by atoms with van der Waals surface area (Å²) in [5.41, 5.74) is -0.651. The molecule has 0 saturated carbocycles. The molecule has 2 aromatic rings. The Hall–Kier alpha value is -3.26. The Morgan fingerprint density at radius 1 is 0.717 bits per heavy atom. The Morgan fingerprint density at radius 3 is 1.35 bits per heavy atom. The third-order valence-electron chi connectivity index (χ3n) is 6.85. The first-order valence-electron chi connectivity index (χ1n) is 13.5. The summed E-state index contributed by atoms with van der Waals surface area (Å²) in [4.78, 5) is 49.4. The quantitative estimate of drug-likeness (QED) is 0.0930. The minimum absolute atomic E-state index is 0.0353. The molecule has 4 rings (SSSR count). The third-order valence-corrected chi connectivity index (χ3v) is 7.47. The summed E-state index contributed by atoms with van der Waals surface area (Å²) in [5.74, 6) is -2.14. The molecular formula is C24H34N6O14S2. The van der Waals surface area contributed by atoms with Crippen molar-refractivity contribution in [2.75, 3.05) is 26.3 Å². The van der Waals surface area contributed by atoms with Crippen LogP contribution in [0.25, 0.3) is 0 Å². The van der Waals surface area contributed by atoms with E-state index in [-0.39, 0.29) is 46.8 Å². The third kappa shape index (κ3) is 8.96. The van der Waals surface area contributed by atoms with Crippen LogP contribution in [0.2, 0.25) is 0 Å². The Balaban J connectivity index is 0.000000250. The van der Waals surface area contributed by atoms with E-state index < -0.39 is 85.4 Å². The van der Waals surface area contributed by atoms with Gasteiger partial charge in [0.05, 0.1) is 26.3 Å². The van der Waals surface area contributed by atoms with Crippen LogP contribution >= 0.6 is 24.4 Å². The van der Waals surface area contributed by atoms with Crippen molar-refractivity contribution >= 4 is 36.4 Å². The molecule has 20 nitrogen and oxygen atoms in total. The highest BCUT2D eigenvalue weighted by atomic mass is 32.1. The van der Waals surface area contributed by atoms with Gasteiger partial charge >= 0.3 is 11.9 Å². The van der Waals surface area contributed by atoms with Gasteiger partial charge in [0.15, 0.2) is 22.0 Å². The molecule has 256 valence electrons. The molecule has 2 aromatic heterocycles. The maximum atomic E-state index is 11.8. The molecule has 46 heavy (non-hydrogen) atoms. The second-order valence-electron chi connectivity index (χ2n) is 10.1. The maximum absolute atomic E-state index is 11.8. The number of aliphatic carboxylic acids is 2. The number of aliphatic hydroxyl groups is 6. The van der Waals surface area contributed by atoms with Gasteiger partial charge in [0, 0.05) is 36.6 Å². The molecule has 8 atom stereocenters. The van der Waals surface area contributed by atoms with Gasteiger partial charge in [0.25, 0.3) is 11.1 Å². The Labute approximate surface area is 268 Å². The van der Waals surface area contributed by atoms with Crippen molar-refractivity contribution in [3.8, 4) is 0 Å². The van der Waals surface area contributed by atoms with Crippen LogP contribution in [0.5, 0.6) is 0 Å². The van der Waals surface area contributed by atoms with Crippen LogP contribution in [0.3, 0.4) is 0 Å². The van der Waals surface area contributed by atoms with E-state index in [4.69, 9.17) is 54.3 Å². The first-order valence-corrected chi connectivity index (χ1v) is 14.3. The monoisotopic (exact) mass is 694 g/mol. The zero-order chi connectivity index (χ0) is 34.3. The van der Waals surface area contributed by atoms with E-state index in [2.05, 4.69) is 20.6 Å². The Kier molecular flexibility index (Phi) is 13.4. The number of rotatable bonds is 12. The molecular weight excluding hydrogens is 660 g/mol. The minimum Gasteiger partial charge on any atom is -0.480 e. The predicted octanol–water partition coefficient (Wildman–Crippen LogP) is -4.62. The topological polar surface area (TPSA) is 314 Å². The fourth-order valence-corrected chi connectivity index (χ4v) is 5.01. The lowest BCUT2D eigenvalue weighted by Gasteiger charge is -2.19. The van der Waals surface area contributed by atoms with Gasteiger partial charge in [-0.2, -0.15) is 0 Å². The number of ether oxygens (including phenoxy) is 2. The number of carbonyl (C=O) groups is 2. The highest BCUT2D eigenvalue weighted by molar-refractivity contribution is 7.71. The number of aliphatic hydroxyl groups excluding tert-OH is 6. The first kappa shape index (κ1) is 37.2. The zero-order valence-electron chi connectivity index (χ0n) is 23.8. The second kappa shape index (κ2) is 16.5. The number of nitrogens with one attached hydrogen (secondary N) is 4. The van der Waals surface area contributed by atoms with Gasteiger partial charge in [-0.15, -0.1) is 0 Å². The molecule has 2 aliphatic rings. The Bertz CT molecular complexity index is 1490. The maximum Gasteiger partial charge on any atom is 0.317 e. The summed E-state index contributed by atoms with van der Waals surface area (Å²) in [6.07, 6.45) is -6.76. The van der Waals surface area contributed by atoms with Gasteiger partial charge in [0.2, 0.25) is 0 Å². The summed E-state index contributed by atoms with van der Waals surface area (Å²) in [6.45, 7) is -1.71. The van der Waals surface area contributed by atoms with E-state index in [1.54, 1.807) is 0 Å². The van der Waals surface area contributed by atoms with Gasteiger partial charge in [-0.25, -0.2) is 0 Å². The van der Waals surface area contributed by atoms with E-state index in [1.807, 2.05) is 0 Å². The van der Waals surface area contributed by atoms with Crippen LogP contribution < -0.4 is 21.8 Å². The number of aromatic nitrogens is 4. The van der Waals surface area contributed by atoms with Gasteiger partial charge in [0.1, 0.15) is 36.6 Å². The van der Waals surface area contributed by atoms with Gasteiger partial charge < -0.3 is 61.0 Å². The summed E-state index contributed by atoms with van der Waals surface area (Å²) >= 11 is 10.0. The van der Waals surface area contributed by atoms with Crippen LogP contribution in [0.15, 0.2) is 22.0 Å². The predicted molar refractivity (Wildman–Crippen MR) is 156 cm³/mol. The number of carboxylic acid groups (broad SMARTS) is 2. The van der Waals surface area contributed by atoms with Crippen LogP contribution in [0, 0.1) is 9.54 Å². The number of aromatic amines is 2. The van der Waals surface area contributed by atoms with Gasteiger partial charge in [-0.05, 0) is 24.4 Å². The highest BCUT2D eigenvalue weighted by Gasteiger charge is 2.44. The molecule has 2 fully saturated rings. The SMILES string of the molecule is O=C(O)CNCc1cn([C@@H]2O[C@H](CO)[C@@H](O)[C@H]2O)c(=S)[nH]c1=O.O=C(O)CNCc1cn([C@@H]2O[C@H](CO)[C@@H](O)[C@H]2O)c(=S)[nH]c1=O. The zero-order valence-corrected chi connectivity index (χ0v) is 25.4. The summed E-state index contributed by atoms with van der Waals surface area (Å²) in [6, 6.07) is 0. The second-order valence-corrected chi connectivity index (χ2v) is 10.9. The van der Waals surface area contributed by atoms with E-state index in [0.717, 1.165) is 0 Å². The molecule has 0 spiro atoms. The van der Waals surface area contributed by atoms with Crippen LogP contribution in [-0.2, 0) is 32.2 Å². The van der Waals surface area contributed by atoms with E-state index in [1.165, 1.54) is 21.5 Å². The fraction of sp³-hybridized carbons (Fsp3) is 0.583. The molecule has 12 N–H and O–H groups in total. The summed E-state index contributed by atoms with van der Waals surface area (Å²) in [7, 11) is 0. The molecule has 0 aromatic carbocycles. The van der Waals surface area contributed by atoms with Crippen molar-refractivity contribution in [2.24, 2.45) is 0 Å². The van der Waals surface area contributed by atoms with Crippen molar-refractivity contribution in [3.63, 3.8) is 0 Å². The standard InChI is InChI=1S/2C12H17N3O7S/c2*16-4-6-8(19)9(20)11(22-6)15-3-5(1-13-2-7(17)18)10(21)14-12(15)23/h2*3,6,8-9,11,13,16,19-20H,1-2,4H2,(H,17,18)(H,14,21,23)/t2*6-,8-,9-,11-/m11/s1. The van der Waals surface area contributed by atoms with E-state index in [9.17, 15) is 39.6 Å². The van der Waals surface area contributed by atoms with Crippen molar-refractivity contribution in [1.29, 1.82) is 0 Å². The van der Waals surface area contributed by atoms with Crippen molar-refractivity contribution in [1.82, 2.24) is 29.7 Å². The van der Waals surface area contributed by atoms with Crippen molar-refractivity contribution in [2.45, 2.75) is 62.2 Å². The lowest BCUT2D eigenvalue weighted by atomic mass is 10.1. The molecule has 4 heterocycles. The lowest BCUT2D eigenvalue weighted by Crippen LogP contribution is -2.34. The molecule has 0 unspecified atom stereocenters. The molecule has 22 heteroatoms. The minimum atomic E-state index is -1.34. The van der Waals surface area contributed by atoms with E-state index in [0.29, 0.717) is 0 Å². The number of hydrogen-bond donors (Lipinski definition) is 12. The molecule has 0 amide bonds. The number of nitrogens with zero attached hydrogens (tertiary/aromatic N) is 2. The highest BCUT2D eigenvalue weighted by Crippen LogP contribution is 2.30. The Morgan fingerprint density at radius 2 is 1.07 bits per heavy atom. The van der Waals surface area contributed by atoms with Gasteiger partial charge in [-0.1, -0.05) is 0 Å². The largest absolute Gasteiger partial charge is 0.480 e. The average Bonchev–Trinajstić information content (AvgIpc) is 3.44. The first-order chi connectivity index (χ1) is 21.7. The van der Waals surface area contributed by atoms with E-state index >= 15 is 0 Å². The fourth-order valence-electron chi connectivity index (χ4n) is 4.51.